The first kappa shape index (κ1) is 9.72. The highest BCUT2D eigenvalue weighted by Gasteiger charge is 2.21. The molecule has 0 saturated heterocycles. The molecule has 0 aromatic heterocycles. The lowest BCUT2D eigenvalue weighted by Crippen LogP contribution is -2.27. The van der Waals surface area contributed by atoms with E-state index >= 15 is 0 Å². The van der Waals surface area contributed by atoms with Crippen LogP contribution in [0.5, 0.6) is 0 Å². The highest BCUT2D eigenvalue weighted by Crippen LogP contribution is 2.33. The number of nitrogens with two attached hydrogens (primary N) is 1. The molecular formula is C13H19N. The molecule has 1 saturated carbocycles. The summed E-state index contributed by atoms with van der Waals surface area (Å²) in [7, 11) is 0. The van der Waals surface area contributed by atoms with Crippen molar-refractivity contribution in [2.75, 3.05) is 0 Å². The van der Waals surface area contributed by atoms with E-state index in [1.807, 2.05) is 0 Å². The third kappa shape index (κ3) is 1.98. The van der Waals surface area contributed by atoms with Gasteiger partial charge in [-0.1, -0.05) is 30.7 Å². The summed E-state index contributed by atoms with van der Waals surface area (Å²) in [5.41, 5.74) is 8.95. The van der Waals surface area contributed by atoms with Crippen molar-refractivity contribution in [3.05, 3.63) is 35.4 Å². The minimum absolute atomic E-state index is 0.424. The fraction of sp³-hybridized carbons (Fsp3) is 0.538. The van der Waals surface area contributed by atoms with Crippen LogP contribution >= 0.6 is 0 Å². The predicted molar refractivity (Wildman–Crippen MR) is 60.4 cm³/mol. The first-order chi connectivity index (χ1) is 6.77. The fourth-order valence-corrected chi connectivity index (χ4v) is 2.55. The first-order valence-corrected chi connectivity index (χ1v) is 5.58. The smallest absolute Gasteiger partial charge is 0.00446 e. The Kier molecular flexibility index (Phi) is 2.87. The minimum Gasteiger partial charge on any atom is -0.328 e. The molecule has 1 nitrogen and oxygen atoms in total. The van der Waals surface area contributed by atoms with Crippen molar-refractivity contribution in [2.45, 2.75) is 44.6 Å². The second-order valence-electron chi connectivity index (χ2n) is 4.48. The third-order valence-electron chi connectivity index (χ3n) is 3.34. The van der Waals surface area contributed by atoms with Gasteiger partial charge in [0, 0.05) is 6.04 Å². The number of rotatable bonds is 1. The van der Waals surface area contributed by atoms with Gasteiger partial charge in [0.25, 0.3) is 0 Å². The average Bonchev–Trinajstić information content (AvgIpc) is 2.18. The van der Waals surface area contributed by atoms with Gasteiger partial charge >= 0.3 is 0 Å². The topological polar surface area (TPSA) is 26.0 Å². The molecule has 1 aromatic carbocycles. The van der Waals surface area contributed by atoms with Gasteiger partial charge in [-0.05, 0) is 43.2 Å². The summed E-state index contributed by atoms with van der Waals surface area (Å²) in [6, 6.07) is 9.14. The van der Waals surface area contributed by atoms with Gasteiger partial charge < -0.3 is 5.73 Å². The van der Waals surface area contributed by atoms with Crippen molar-refractivity contribution in [3.63, 3.8) is 0 Å². The molecule has 0 heterocycles. The normalized spacial score (nSPS) is 27.6. The molecule has 1 aliphatic carbocycles. The van der Waals surface area contributed by atoms with Gasteiger partial charge in [0.1, 0.15) is 0 Å². The highest BCUT2D eigenvalue weighted by atomic mass is 14.6. The van der Waals surface area contributed by atoms with E-state index in [-0.39, 0.29) is 0 Å². The molecule has 0 aliphatic heterocycles. The molecule has 2 N–H and O–H groups in total. The van der Waals surface area contributed by atoms with Crippen LogP contribution in [-0.4, -0.2) is 6.04 Å². The fourth-order valence-electron chi connectivity index (χ4n) is 2.55. The molecule has 76 valence electrons. The van der Waals surface area contributed by atoms with Crippen molar-refractivity contribution < 1.29 is 0 Å². The van der Waals surface area contributed by atoms with E-state index in [1.165, 1.54) is 36.8 Å². The summed E-state index contributed by atoms with van der Waals surface area (Å²) >= 11 is 0. The lowest BCUT2D eigenvalue weighted by atomic mass is 9.80. The van der Waals surface area contributed by atoms with Crippen LogP contribution in [0, 0.1) is 6.92 Å². The third-order valence-corrected chi connectivity index (χ3v) is 3.34. The zero-order valence-corrected chi connectivity index (χ0v) is 8.87. The summed E-state index contributed by atoms with van der Waals surface area (Å²) in [6.45, 7) is 2.20. The summed E-state index contributed by atoms with van der Waals surface area (Å²) in [5, 5.41) is 0. The molecule has 0 spiro atoms. The van der Waals surface area contributed by atoms with E-state index in [1.54, 1.807) is 0 Å². The molecule has 14 heavy (non-hydrogen) atoms. The quantitative estimate of drug-likeness (QED) is 0.722. The summed E-state index contributed by atoms with van der Waals surface area (Å²) < 4.78 is 0. The van der Waals surface area contributed by atoms with Crippen molar-refractivity contribution in [2.24, 2.45) is 5.73 Å². The van der Waals surface area contributed by atoms with Gasteiger partial charge in [0.05, 0.1) is 0 Å². The Labute approximate surface area is 86.3 Å². The van der Waals surface area contributed by atoms with Gasteiger partial charge in [-0.3, -0.25) is 0 Å². The van der Waals surface area contributed by atoms with Crippen LogP contribution in [0.15, 0.2) is 24.3 Å². The molecule has 0 radical (unpaired) electrons. The largest absolute Gasteiger partial charge is 0.328 e. The molecule has 1 aliphatic rings. The zero-order valence-electron chi connectivity index (χ0n) is 8.87. The van der Waals surface area contributed by atoms with E-state index in [4.69, 9.17) is 5.73 Å². The Morgan fingerprint density at radius 2 is 2.00 bits per heavy atom. The lowest BCUT2D eigenvalue weighted by molar-refractivity contribution is 0.392. The van der Waals surface area contributed by atoms with Crippen molar-refractivity contribution in [1.29, 1.82) is 0 Å². The first-order valence-electron chi connectivity index (χ1n) is 5.58. The number of hydrogen-bond acceptors (Lipinski definition) is 1. The molecule has 1 aromatic rings. The molecule has 2 atom stereocenters. The van der Waals surface area contributed by atoms with Crippen LogP contribution in [0.1, 0.15) is 42.7 Å². The van der Waals surface area contributed by atoms with Crippen LogP contribution < -0.4 is 5.73 Å². The van der Waals surface area contributed by atoms with E-state index < -0.39 is 0 Å². The monoisotopic (exact) mass is 189 g/mol. The minimum atomic E-state index is 0.424. The summed E-state index contributed by atoms with van der Waals surface area (Å²) in [5.74, 6) is 0.708. The van der Waals surface area contributed by atoms with Crippen molar-refractivity contribution in [3.8, 4) is 0 Å². The van der Waals surface area contributed by atoms with Crippen LogP contribution in [0.25, 0.3) is 0 Å². The van der Waals surface area contributed by atoms with Crippen molar-refractivity contribution >= 4 is 0 Å². The Hall–Kier alpha value is -0.820. The van der Waals surface area contributed by atoms with Crippen LogP contribution in [0.4, 0.5) is 0 Å². The van der Waals surface area contributed by atoms with E-state index in [9.17, 15) is 0 Å². The van der Waals surface area contributed by atoms with Crippen LogP contribution in [0.3, 0.4) is 0 Å². The highest BCUT2D eigenvalue weighted by molar-refractivity contribution is 5.29. The molecular weight excluding hydrogens is 170 g/mol. The van der Waals surface area contributed by atoms with E-state index in [0.717, 1.165) is 0 Å². The van der Waals surface area contributed by atoms with E-state index in [2.05, 4.69) is 31.2 Å². The SMILES string of the molecule is Cc1ccccc1C1CCCC(N)C1. The van der Waals surface area contributed by atoms with E-state index in [0.29, 0.717) is 12.0 Å². The van der Waals surface area contributed by atoms with Gasteiger partial charge in [0.2, 0.25) is 0 Å². The molecule has 1 heteroatoms. The Bertz CT molecular complexity index is 306. The maximum atomic E-state index is 6.01. The predicted octanol–water partition coefficient (Wildman–Crippen LogP) is 2.98. The number of hydrogen-bond donors (Lipinski definition) is 1. The van der Waals surface area contributed by atoms with Crippen molar-refractivity contribution in [1.82, 2.24) is 0 Å². The maximum Gasteiger partial charge on any atom is 0.00446 e. The Morgan fingerprint density at radius 3 is 2.71 bits per heavy atom. The van der Waals surface area contributed by atoms with Gasteiger partial charge in [-0.2, -0.15) is 0 Å². The van der Waals surface area contributed by atoms with Crippen LogP contribution in [0.2, 0.25) is 0 Å². The maximum absolute atomic E-state index is 6.01. The second kappa shape index (κ2) is 4.14. The Morgan fingerprint density at radius 1 is 1.21 bits per heavy atom. The summed E-state index contributed by atoms with van der Waals surface area (Å²) in [6.07, 6.45) is 4.99. The molecule has 0 amide bonds. The summed E-state index contributed by atoms with van der Waals surface area (Å²) in [4.78, 5) is 0. The van der Waals surface area contributed by atoms with Crippen LogP contribution in [-0.2, 0) is 0 Å². The number of benzene rings is 1. The zero-order chi connectivity index (χ0) is 9.97. The van der Waals surface area contributed by atoms with Gasteiger partial charge in [-0.15, -0.1) is 0 Å². The number of aryl methyl sites for hydroxylation is 1. The second-order valence-corrected chi connectivity index (χ2v) is 4.48. The molecule has 2 unspecified atom stereocenters. The Balaban J connectivity index is 2.18. The standard InChI is InChI=1S/C13H19N/c1-10-5-2-3-8-13(10)11-6-4-7-12(14)9-11/h2-3,5,8,11-12H,4,6-7,9,14H2,1H3. The molecule has 0 bridgehead atoms. The molecule has 2 rings (SSSR count). The van der Waals surface area contributed by atoms with Gasteiger partial charge in [-0.25, -0.2) is 0 Å². The average molecular weight is 189 g/mol. The lowest BCUT2D eigenvalue weighted by Gasteiger charge is -2.27. The van der Waals surface area contributed by atoms with Gasteiger partial charge in [0.15, 0.2) is 0 Å². The molecule has 1 fully saturated rings.